The summed E-state index contributed by atoms with van der Waals surface area (Å²) in [5, 5.41) is 0. The number of nitrogens with zero attached hydrogens (tertiary/aromatic N) is 5. The van der Waals surface area contributed by atoms with Crippen LogP contribution in [-0.4, -0.2) is 79.9 Å². The molecule has 2 aromatic rings. The number of hydrogen-bond donors (Lipinski definition) is 0. The van der Waals surface area contributed by atoms with Crippen LogP contribution in [0.15, 0.2) is 36.5 Å². The highest BCUT2D eigenvalue weighted by Crippen LogP contribution is 2.18. The van der Waals surface area contributed by atoms with Crippen LogP contribution < -0.4 is 14.5 Å². The van der Waals surface area contributed by atoms with Crippen molar-refractivity contribution in [2.75, 3.05) is 68.9 Å². The van der Waals surface area contributed by atoms with E-state index in [0.717, 1.165) is 49.3 Å². The number of rotatable bonds is 5. The molecule has 0 radical (unpaired) electrons. The molecule has 0 unspecified atom stereocenters. The number of aromatic nitrogens is 2. The third-order valence-corrected chi connectivity index (χ3v) is 5.23. The quantitative estimate of drug-likeness (QED) is 0.754. The first-order valence-corrected chi connectivity index (χ1v) is 10.1. The average Bonchev–Trinajstić information content (AvgIpc) is 2.78. The largest absolute Gasteiger partial charge is 0.484 e. The number of carbonyl (C=O) groups excluding carboxylic acids is 1. The second-order valence-electron chi connectivity index (χ2n) is 7.29. The van der Waals surface area contributed by atoms with Crippen molar-refractivity contribution < 1.29 is 14.3 Å². The SMILES string of the molecule is Cc1cccc(OCC(=O)N2CCN(c3ccnc(N4CCOCC4)n3)CC2)c1. The molecule has 0 spiro atoms. The van der Waals surface area contributed by atoms with Gasteiger partial charge in [-0.05, 0) is 30.7 Å². The normalized spacial score (nSPS) is 17.3. The number of aryl methyl sites for hydroxylation is 1. The van der Waals surface area contributed by atoms with E-state index >= 15 is 0 Å². The summed E-state index contributed by atoms with van der Waals surface area (Å²) in [6.07, 6.45) is 1.81. The number of morpholine rings is 1. The van der Waals surface area contributed by atoms with Crippen LogP contribution in [-0.2, 0) is 9.53 Å². The topological polar surface area (TPSA) is 71.0 Å². The van der Waals surface area contributed by atoms with E-state index in [0.29, 0.717) is 26.3 Å². The summed E-state index contributed by atoms with van der Waals surface area (Å²) in [5.74, 6) is 2.40. The zero-order valence-corrected chi connectivity index (χ0v) is 16.8. The van der Waals surface area contributed by atoms with Crippen molar-refractivity contribution in [1.29, 1.82) is 0 Å². The summed E-state index contributed by atoms with van der Waals surface area (Å²) in [6, 6.07) is 9.68. The van der Waals surface area contributed by atoms with E-state index in [1.54, 1.807) is 6.20 Å². The molecule has 2 aliphatic heterocycles. The second-order valence-corrected chi connectivity index (χ2v) is 7.29. The monoisotopic (exact) mass is 397 g/mol. The second kappa shape index (κ2) is 9.09. The molecule has 0 N–H and O–H groups in total. The average molecular weight is 397 g/mol. The van der Waals surface area contributed by atoms with Gasteiger partial charge in [0, 0.05) is 45.5 Å². The van der Waals surface area contributed by atoms with Crippen molar-refractivity contribution in [2.24, 2.45) is 0 Å². The Bertz CT molecular complexity index is 833. The lowest BCUT2D eigenvalue weighted by molar-refractivity contribution is -0.133. The van der Waals surface area contributed by atoms with Crippen LogP contribution >= 0.6 is 0 Å². The molecule has 8 nitrogen and oxygen atoms in total. The summed E-state index contributed by atoms with van der Waals surface area (Å²) in [7, 11) is 0. The van der Waals surface area contributed by atoms with Gasteiger partial charge in [0.25, 0.3) is 5.91 Å². The standard InChI is InChI=1S/C21H27N5O3/c1-17-3-2-4-18(15-17)29-16-20(27)25-9-7-24(8-10-25)19-5-6-22-21(23-19)26-11-13-28-14-12-26/h2-6,15H,7-14,16H2,1H3. The van der Waals surface area contributed by atoms with E-state index in [9.17, 15) is 4.79 Å². The molecule has 4 rings (SSSR count). The zero-order chi connectivity index (χ0) is 20.1. The van der Waals surface area contributed by atoms with Gasteiger partial charge in [-0.1, -0.05) is 12.1 Å². The molecular weight excluding hydrogens is 370 g/mol. The third kappa shape index (κ3) is 4.95. The summed E-state index contributed by atoms with van der Waals surface area (Å²) >= 11 is 0. The fraction of sp³-hybridized carbons (Fsp3) is 0.476. The molecule has 2 fully saturated rings. The van der Waals surface area contributed by atoms with Crippen LogP contribution in [0.2, 0.25) is 0 Å². The van der Waals surface area contributed by atoms with Gasteiger partial charge < -0.3 is 24.2 Å². The van der Waals surface area contributed by atoms with Crippen LogP contribution in [0.5, 0.6) is 5.75 Å². The highest BCUT2D eigenvalue weighted by Gasteiger charge is 2.23. The van der Waals surface area contributed by atoms with Gasteiger partial charge in [-0.25, -0.2) is 4.98 Å². The van der Waals surface area contributed by atoms with Crippen LogP contribution in [0.4, 0.5) is 11.8 Å². The maximum atomic E-state index is 12.5. The molecule has 29 heavy (non-hydrogen) atoms. The van der Waals surface area contributed by atoms with Gasteiger partial charge in [-0.15, -0.1) is 0 Å². The van der Waals surface area contributed by atoms with E-state index in [4.69, 9.17) is 14.5 Å². The van der Waals surface area contributed by atoms with Gasteiger partial charge in [0.05, 0.1) is 13.2 Å². The smallest absolute Gasteiger partial charge is 0.260 e. The molecule has 0 bridgehead atoms. The van der Waals surface area contributed by atoms with Crippen molar-refractivity contribution in [1.82, 2.24) is 14.9 Å². The van der Waals surface area contributed by atoms with E-state index < -0.39 is 0 Å². The number of piperazine rings is 1. The summed E-state index contributed by atoms with van der Waals surface area (Å²) < 4.78 is 11.1. The van der Waals surface area contributed by atoms with Crippen LogP contribution in [0.3, 0.4) is 0 Å². The maximum Gasteiger partial charge on any atom is 0.260 e. The number of anilines is 2. The van der Waals surface area contributed by atoms with Crippen molar-refractivity contribution in [3.8, 4) is 5.75 Å². The van der Waals surface area contributed by atoms with Gasteiger partial charge in [0.2, 0.25) is 5.95 Å². The van der Waals surface area contributed by atoms with Crippen molar-refractivity contribution in [2.45, 2.75) is 6.92 Å². The minimum absolute atomic E-state index is 0.0165. The number of hydrogen-bond acceptors (Lipinski definition) is 7. The lowest BCUT2D eigenvalue weighted by Crippen LogP contribution is -2.50. The minimum atomic E-state index is 0.0165. The van der Waals surface area contributed by atoms with E-state index in [2.05, 4.69) is 14.8 Å². The summed E-state index contributed by atoms with van der Waals surface area (Å²) in [5.41, 5.74) is 1.12. The van der Waals surface area contributed by atoms with Crippen LogP contribution in [0, 0.1) is 6.92 Å². The van der Waals surface area contributed by atoms with Gasteiger partial charge in [0.15, 0.2) is 6.61 Å². The zero-order valence-electron chi connectivity index (χ0n) is 16.8. The molecular formula is C21H27N5O3. The Labute approximate surface area is 171 Å². The van der Waals surface area contributed by atoms with Crippen LogP contribution in [0.1, 0.15) is 5.56 Å². The molecule has 1 amide bonds. The first kappa shape index (κ1) is 19.4. The number of benzene rings is 1. The Kier molecular flexibility index (Phi) is 6.09. The van der Waals surface area contributed by atoms with Crippen molar-refractivity contribution in [3.05, 3.63) is 42.1 Å². The van der Waals surface area contributed by atoms with E-state index in [-0.39, 0.29) is 12.5 Å². The molecule has 8 heteroatoms. The Morgan fingerprint density at radius 1 is 1.07 bits per heavy atom. The Hall–Kier alpha value is -2.87. The lowest BCUT2D eigenvalue weighted by atomic mass is 10.2. The maximum absolute atomic E-state index is 12.5. The number of ether oxygens (including phenoxy) is 2. The van der Waals surface area contributed by atoms with Crippen LogP contribution in [0.25, 0.3) is 0 Å². The molecule has 0 atom stereocenters. The van der Waals surface area contributed by atoms with Gasteiger partial charge in [-0.2, -0.15) is 4.98 Å². The lowest BCUT2D eigenvalue weighted by Gasteiger charge is -2.35. The Morgan fingerprint density at radius 2 is 1.86 bits per heavy atom. The predicted octanol–water partition coefficient (Wildman–Crippen LogP) is 1.35. The van der Waals surface area contributed by atoms with E-state index in [1.807, 2.05) is 42.2 Å². The predicted molar refractivity (Wildman–Crippen MR) is 111 cm³/mol. The highest BCUT2D eigenvalue weighted by atomic mass is 16.5. The van der Waals surface area contributed by atoms with Gasteiger partial charge in [-0.3, -0.25) is 4.79 Å². The Balaban J connectivity index is 1.29. The Morgan fingerprint density at radius 3 is 2.62 bits per heavy atom. The first-order valence-electron chi connectivity index (χ1n) is 10.1. The van der Waals surface area contributed by atoms with Gasteiger partial charge in [0.1, 0.15) is 11.6 Å². The minimum Gasteiger partial charge on any atom is -0.484 e. The summed E-state index contributed by atoms with van der Waals surface area (Å²) in [6.45, 7) is 7.92. The highest BCUT2D eigenvalue weighted by molar-refractivity contribution is 5.78. The summed E-state index contributed by atoms with van der Waals surface area (Å²) in [4.78, 5) is 27.9. The number of carbonyl (C=O) groups is 1. The molecule has 2 aliphatic rings. The third-order valence-electron chi connectivity index (χ3n) is 5.23. The molecule has 1 aromatic carbocycles. The fourth-order valence-corrected chi connectivity index (χ4v) is 3.56. The number of amides is 1. The molecule has 3 heterocycles. The molecule has 0 saturated carbocycles. The molecule has 1 aromatic heterocycles. The molecule has 0 aliphatic carbocycles. The first-order chi connectivity index (χ1) is 14.2. The van der Waals surface area contributed by atoms with E-state index in [1.165, 1.54) is 0 Å². The van der Waals surface area contributed by atoms with Gasteiger partial charge >= 0.3 is 0 Å². The fourth-order valence-electron chi connectivity index (χ4n) is 3.56. The van der Waals surface area contributed by atoms with Crippen molar-refractivity contribution in [3.63, 3.8) is 0 Å². The van der Waals surface area contributed by atoms with Crippen molar-refractivity contribution >= 4 is 17.7 Å². The molecule has 2 saturated heterocycles. The molecule has 154 valence electrons.